The van der Waals surface area contributed by atoms with Crippen molar-refractivity contribution in [2.45, 2.75) is 6.92 Å². The number of non-ortho nitro benzene ring substituents is 1. The van der Waals surface area contributed by atoms with Crippen LogP contribution in [0.4, 0.5) is 5.69 Å². The fourth-order valence-corrected chi connectivity index (χ4v) is 2.68. The lowest BCUT2D eigenvalue weighted by molar-refractivity contribution is -0.384. The van der Waals surface area contributed by atoms with Crippen molar-refractivity contribution in [2.24, 2.45) is 7.05 Å². The number of aryl methyl sites for hydroxylation is 2. The van der Waals surface area contributed by atoms with E-state index in [4.69, 9.17) is 5.26 Å². The number of nitrogens with zero attached hydrogens (tertiary/aromatic N) is 3. The van der Waals surface area contributed by atoms with Crippen LogP contribution in [0.15, 0.2) is 42.5 Å². The molecule has 0 N–H and O–H groups in total. The van der Waals surface area contributed by atoms with Gasteiger partial charge in [0, 0.05) is 35.8 Å². The van der Waals surface area contributed by atoms with Crippen molar-refractivity contribution in [1.82, 2.24) is 4.57 Å². The minimum atomic E-state index is -0.391. The number of hydrogen-bond donors (Lipinski definition) is 0. The van der Waals surface area contributed by atoms with Crippen LogP contribution in [-0.4, -0.2) is 9.49 Å². The van der Waals surface area contributed by atoms with E-state index < -0.39 is 4.92 Å². The highest BCUT2D eigenvalue weighted by molar-refractivity contribution is 5.88. The van der Waals surface area contributed by atoms with E-state index in [1.807, 2.05) is 36.7 Å². The number of benzene rings is 2. The highest BCUT2D eigenvalue weighted by Gasteiger charge is 2.12. The SMILES string of the molecule is Cc1cc(-c2cc3cc([N+](=O)[O-])ccc3n2C)ccc1C#N. The second-order valence-corrected chi connectivity index (χ2v) is 5.23. The number of nitro groups is 1. The number of fused-ring (bicyclic) bond motifs is 1. The average molecular weight is 291 g/mol. The maximum absolute atomic E-state index is 10.9. The third-order valence-electron chi connectivity index (χ3n) is 3.88. The Morgan fingerprint density at radius 2 is 1.95 bits per heavy atom. The van der Waals surface area contributed by atoms with E-state index in [-0.39, 0.29) is 5.69 Å². The van der Waals surface area contributed by atoms with E-state index in [2.05, 4.69) is 6.07 Å². The van der Waals surface area contributed by atoms with Crippen LogP contribution >= 0.6 is 0 Å². The van der Waals surface area contributed by atoms with E-state index in [9.17, 15) is 10.1 Å². The molecule has 0 aliphatic heterocycles. The highest BCUT2D eigenvalue weighted by atomic mass is 16.6. The van der Waals surface area contributed by atoms with Gasteiger partial charge in [0.05, 0.1) is 16.6 Å². The van der Waals surface area contributed by atoms with Gasteiger partial charge in [0.2, 0.25) is 0 Å². The molecule has 0 unspecified atom stereocenters. The van der Waals surface area contributed by atoms with Gasteiger partial charge in [-0.1, -0.05) is 6.07 Å². The normalized spacial score (nSPS) is 10.6. The molecular formula is C17H13N3O2. The number of nitriles is 1. The van der Waals surface area contributed by atoms with Gasteiger partial charge in [0.1, 0.15) is 0 Å². The monoisotopic (exact) mass is 291 g/mol. The molecule has 0 bridgehead atoms. The van der Waals surface area contributed by atoms with Gasteiger partial charge in [-0.05, 0) is 42.3 Å². The Hall–Kier alpha value is -3.13. The van der Waals surface area contributed by atoms with Crippen LogP contribution in [-0.2, 0) is 7.05 Å². The molecule has 5 nitrogen and oxygen atoms in total. The maximum atomic E-state index is 10.9. The first-order chi connectivity index (χ1) is 10.5. The molecule has 0 saturated carbocycles. The number of nitro benzene ring substituents is 1. The molecule has 0 aliphatic carbocycles. The molecule has 0 atom stereocenters. The van der Waals surface area contributed by atoms with Crippen molar-refractivity contribution in [3.63, 3.8) is 0 Å². The first kappa shape index (κ1) is 13.8. The van der Waals surface area contributed by atoms with Crippen LogP contribution in [0.25, 0.3) is 22.2 Å². The van der Waals surface area contributed by atoms with Gasteiger partial charge >= 0.3 is 0 Å². The standard InChI is InChI=1S/C17H13N3O2/c1-11-7-12(3-4-13(11)10-18)17-9-14-8-15(20(21)22)5-6-16(14)19(17)2/h3-9H,1-2H3. The summed E-state index contributed by atoms with van der Waals surface area (Å²) in [6.45, 7) is 1.90. The van der Waals surface area contributed by atoms with Gasteiger partial charge in [0.15, 0.2) is 0 Å². The minimum Gasteiger partial charge on any atom is -0.344 e. The lowest BCUT2D eigenvalue weighted by Crippen LogP contribution is -1.93. The molecule has 1 aromatic heterocycles. The Kier molecular flexibility index (Phi) is 3.15. The van der Waals surface area contributed by atoms with Crippen LogP contribution in [0.3, 0.4) is 0 Å². The zero-order valence-electron chi connectivity index (χ0n) is 12.2. The molecule has 5 heteroatoms. The van der Waals surface area contributed by atoms with E-state index in [1.54, 1.807) is 18.2 Å². The molecule has 0 fully saturated rings. The van der Waals surface area contributed by atoms with Crippen LogP contribution in [0, 0.1) is 28.4 Å². The summed E-state index contributed by atoms with van der Waals surface area (Å²) in [6, 6.07) is 14.6. The minimum absolute atomic E-state index is 0.0839. The first-order valence-corrected chi connectivity index (χ1v) is 6.76. The van der Waals surface area contributed by atoms with Gasteiger partial charge in [-0.25, -0.2) is 0 Å². The summed E-state index contributed by atoms with van der Waals surface area (Å²) in [5.41, 5.74) is 4.53. The van der Waals surface area contributed by atoms with Gasteiger partial charge < -0.3 is 4.57 Å². The van der Waals surface area contributed by atoms with Crippen molar-refractivity contribution in [2.75, 3.05) is 0 Å². The number of aromatic nitrogens is 1. The zero-order valence-corrected chi connectivity index (χ0v) is 12.2. The number of hydrogen-bond acceptors (Lipinski definition) is 3. The third kappa shape index (κ3) is 2.11. The average Bonchev–Trinajstić information content (AvgIpc) is 2.83. The fraction of sp³-hybridized carbons (Fsp3) is 0.118. The molecule has 0 spiro atoms. The van der Waals surface area contributed by atoms with Crippen LogP contribution in [0.5, 0.6) is 0 Å². The second kappa shape index (κ2) is 5.01. The zero-order chi connectivity index (χ0) is 15.9. The molecule has 0 aliphatic rings. The Morgan fingerprint density at radius 1 is 1.18 bits per heavy atom. The maximum Gasteiger partial charge on any atom is 0.270 e. The molecule has 3 aromatic rings. The Balaban J connectivity index is 2.19. The first-order valence-electron chi connectivity index (χ1n) is 6.76. The summed E-state index contributed by atoms with van der Waals surface area (Å²) < 4.78 is 2.00. The fourth-order valence-electron chi connectivity index (χ4n) is 2.68. The van der Waals surface area contributed by atoms with Gasteiger partial charge in [-0.15, -0.1) is 0 Å². The molecule has 0 saturated heterocycles. The Labute approximate surface area is 127 Å². The molecule has 0 radical (unpaired) electrons. The van der Waals surface area contributed by atoms with E-state index in [0.29, 0.717) is 5.56 Å². The predicted octanol–water partition coefficient (Wildman–Crippen LogP) is 3.93. The van der Waals surface area contributed by atoms with Gasteiger partial charge in [-0.3, -0.25) is 10.1 Å². The van der Waals surface area contributed by atoms with Crippen LogP contribution in [0.1, 0.15) is 11.1 Å². The van der Waals surface area contributed by atoms with Crippen molar-refractivity contribution in [3.8, 4) is 17.3 Å². The molecule has 108 valence electrons. The van der Waals surface area contributed by atoms with E-state index in [0.717, 1.165) is 27.7 Å². The van der Waals surface area contributed by atoms with Crippen molar-refractivity contribution in [1.29, 1.82) is 5.26 Å². The summed E-state index contributed by atoms with van der Waals surface area (Å²) >= 11 is 0. The topological polar surface area (TPSA) is 71.9 Å². The molecule has 22 heavy (non-hydrogen) atoms. The van der Waals surface area contributed by atoms with Crippen LogP contribution < -0.4 is 0 Å². The van der Waals surface area contributed by atoms with Gasteiger partial charge in [-0.2, -0.15) is 5.26 Å². The summed E-state index contributed by atoms with van der Waals surface area (Å²) in [4.78, 5) is 10.5. The molecule has 3 rings (SSSR count). The van der Waals surface area contributed by atoms with E-state index in [1.165, 1.54) is 6.07 Å². The Morgan fingerprint density at radius 3 is 2.59 bits per heavy atom. The number of rotatable bonds is 2. The highest BCUT2D eigenvalue weighted by Crippen LogP contribution is 2.30. The van der Waals surface area contributed by atoms with Crippen molar-refractivity contribution >= 4 is 16.6 Å². The van der Waals surface area contributed by atoms with Crippen molar-refractivity contribution in [3.05, 3.63) is 63.7 Å². The summed E-state index contributed by atoms with van der Waals surface area (Å²) in [6.07, 6.45) is 0. The van der Waals surface area contributed by atoms with E-state index >= 15 is 0 Å². The lowest BCUT2D eigenvalue weighted by Gasteiger charge is -2.06. The van der Waals surface area contributed by atoms with Crippen molar-refractivity contribution < 1.29 is 4.92 Å². The summed E-state index contributed by atoms with van der Waals surface area (Å²) in [5.74, 6) is 0. The third-order valence-corrected chi connectivity index (χ3v) is 3.88. The quantitative estimate of drug-likeness (QED) is 0.530. The Bertz CT molecular complexity index is 948. The van der Waals surface area contributed by atoms with Crippen LogP contribution in [0.2, 0.25) is 0 Å². The smallest absolute Gasteiger partial charge is 0.270 e. The van der Waals surface area contributed by atoms with Gasteiger partial charge in [0.25, 0.3) is 5.69 Å². The molecule has 0 amide bonds. The lowest BCUT2D eigenvalue weighted by atomic mass is 10.0. The largest absolute Gasteiger partial charge is 0.344 e. The molecule has 1 heterocycles. The molecular weight excluding hydrogens is 278 g/mol. The second-order valence-electron chi connectivity index (χ2n) is 5.23. The summed E-state index contributed by atoms with van der Waals surface area (Å²) in [5, 5.41) is 20.7. The summed E-state index contributed by atoms with van der Waals surface area (Å²) in [7, 11) is 1.93. The molecule has 2 aromatic carbocycles. The predicted molar refractivity (Wildman–Crippen MR) is 84.5 cm³/mol.